The zero-order valence-electron chi connectivity index (χ0n) is 6.45. The molecular weight excluding hydrogens is 166 g/mol. The highest BCUT2D eigenvalue weighted by Gasteiger charge is 2.57. The van der Waals surface area contributed by atoms with Crippen LogP contribution in [0.5, 0.6) is 0 Å². The van der Waals surface area contributed by atoms with Crippen molar-refractivity contribution in [1.29, 1.82) is 0 Å². The quantitative estimate of drug-likeness (QED) is 0.617. The normalized spacial score (nSPS) is 24.6. The van der Waals surface area contributed by atoms with E-state index in [9.17, 15) is 13.5 Å². The van der Waals surface area contributed by atoms with Gasteiger partial charge in [-0.2, -0.15) is 0 Å². The second-order valence-corrected chi connectivity index (χ2v) is 4.94. The predicted molar refractivity (Wildman–Crippen MR) is 41.4 cm³/mol. The molecule has 0 aromatic carbocycles. The lowest BCUT2D eigenvalue weighted by molar-refractivity contribution is 0.156. The molecule has 0 aliphatic heterocycles. The first-order valence-electron chi connectivity index (χ1n) is 3.64. The Morgan fingerprint density at radius 2 is 2.09 bits per heavy atom. The van der Waals surface area contributed by atoms with Crippen LogP contribution >= 0.6 is 0 Å². The second kappa shape index (κ2) is 2.43. The fourth-order valence-corrected chi connectivity index (χ4v) is 2.52. The first-order valence-corrected chi connectivity index (χ1v) is 5.19. The number of rotatable bonds is 3. The fraction of sp³-hybridized carbons (Fsp3) is 1.00. The molecule has 1 fully saturated rings. The number of hydrogen-bond donors (Lipinski definition) is 2. The van der Waals surface area contributed by atoms with Gasteiger partial charge in [0.2, 0.25) is 10.0 Å². The van der Waals surface area contributed by atoms with Gasteiger partial charge in [-0.1, -0.05) is 6.92 Å². The summed E-state index contributed by atoms with van der Waals surface area (Å²) in [5, 5.41) is 14.3. The maximum Gasteiger partial charge on any atom is 0.217 e. The van der Waals surface area contributed by atoms with Crippen molar-refractivity contribution < 1.29 is 13.5 Å². The molecule has 0 aromatic heterocycles. The molecule has 0 aromatic rings. The zero-order valence-corrected chi connectivity index (χ0v) is 7.26. The number of primary sulfonamides is 1. The lowest BCUT2D eigenvalue weighted by Crippen LogP contribution is -2.40. The van der Waals surface area contributed by atoms with Crippen LogP contribution in [0.2, 0.25) is 0 Å². The Morgan fingerprint density at radius 1 is 1.64 bits per heavy atom. The topological polar surface area (TPSA) is 80.4 Å². The van der Waals surface area contributed by atoms with Crippen molar-refractivity contribution >= 4 is 10.0 Å². The van der Waals surface area contributed by atoms with Crippen LogP contribution in [0.3, 0.4) is 0 Å². The van der Waals surface area contributed by atoms with E-state index < -0.39 is 20.9 Å². The Bertz CT molecular complexity index is 243. The van der Waals surface area contributed by atoms with Crippen molar-refractivity contribution in [1.82, 2.24) is 0 Å². The van der Waals surface area contributed by atoms with Gasteiger partial charge in [0.1, 0.15) is 4.75 Å². The van der Waals surface area contributed by atoms with E-state index in [1.807, 2.05) is 0 Å². The van der Waals surface area contributed by atoms with Crippen molar-refractivity contribution in [2.75, 3.05) is 0 Å². The lowest BCUT2D eigenvalue weighted by Gasteiger charge is -2.17. The third-order valence-electron chi connectivity index (χ3n) is 2.30. The van der Waals surface area contributed by atoms with E-state index >= 15 is 0 Å². The molecule has 11 heavy (non-hydrogen) atoms. The molecule has 0 radical (unpaired) electrons. The van der Waals surface area contributed by atoms with Crippen LogP contribution in [0, 0.1) is 0 Å². The molecule has 0 bridgehead atoms. The van der Waals surface area contributed by atoms with Crippen molar-refractivity contribution in [2.24, 2.45) is 5.14 Å². The molecule has 3 N–H and O–H groups in total. The summed E-state index contributed by atoms with van der Waals surface area (Å²) in [6, 6.07) is 0. The summed E-state index contributed by atoms with van der Waals surface area (Å²) < 4.78 is 20.9. The number of hydrogen-bond acceptors (Lipinski definition) is 3. The van der Waals surface area contributed by atoms with E-state index in [1.54, 1.807) is 6.92 Å². The maximum absolute atomic E-state index is 10.9. The number of nitrogens with two attached hydrogens (primary N) is 1. The number of aliphatic hydroxyl groups is 1. The van der Waals surface area contributed by atoms with Crippen LogP contribution in [0.15, 0.2) is 0 Å². The molecule has 0 heterocycles. The van der Waals surface area contributed by atoms with E-state index in [4.69, 9.17) is 5.14 Å². The molecule has 1 aliphatic carbocycles. The van der Waals surface area contributed by atoms with Gasteiger partial charge in [0, 0.05) is 0 Å². The molecular formula is C6H13NO3S. The Morgan fingerprint density at radius 3 is 2.18 bits per heavy atom. The summed E-state index contributed by atoms with van der Waals surface area (Å²) in [5.41, 5.74) is 0. The van der Waals surface area contributed by atoms with Crippen LogP contribution in [-0.4, -0.2) is 24.4 Å². The molecule has 4 nitrogen and oxygen atoms in total. The minimum absolute atomic E-state index is 0.441. The third-order valence-corrected chi connectivity index (χ3v) is 4.12. The number of sulfonamides is 1. The molecule has 1 rings (SSSR count). The van der Waals surface area contributed by atoms with E-state index in [1.165, 1.54) is 0 Å². The summed E-state index contributed by atoms with van der Waals surface area (Å²) in [7, 11) is -3.55. The first kappa shape index (κ1) is 8.96. The molecule has 0 amide bonds. The summed E-state index contributed by atoms with van der Waals surface area (Å²) in [4.78, 5) is 0. The van der Waals surface area contributed by atoms with E-state index in [0.717, 1.165) is 0 Å². The van der Waals surface area contributed by atoms with Crippen molar-refractivity contribution in [3.63, 3.8) is 0 Å². The highest BCUT2D eigenvalue weighted by atomic mass is 32.2. The molecule has 0 saturated heterocycles. The molecule has 66 valence electrons. The SMILES string of the molecule is CCC(O)C1(S(N)(=O)=O)CC1. The van der Waals surface area contributed by atoms with Crippen molar-refractivity contribution in [3.05, 3.63) is 0 Å². The van der Waals surface area contributed by atoms with Crippen molar-refractivity contribution in [2.45, 2.75) is 37.0 Å². The smallest absolute Gasteiger partial charge is 0.217 e. The summed E-state index contributed by atoms with van der Waals surface area (Å²) in [6.07, 6.45) is 0.649. The van der Waals surface area contributed by atoms with Crippen LogP contribution in [0.1, 0.15) is 26.2 Å². The van der Waals surface area contributed by atoms with Gasteiger partial charge in [0.25, 0.3) is 0 Å². The Kier molecular flexibility index (Phi) is 1.98. The predicted octanol–water partition coefficient (Wildman–Crippen LogP) is -0.422. The Hall–Kier alpha value is -0.130. The standard InChI is InChI=1S/C6H13NO3S/c1-2-5(8)6(3-4-6)11(7,9)10/h5,8H,2-4H2,1H3,(H2,7,9,10). The van der Waals surface area contributed by atoms with Crippen LogP contribution in [0.25, 0.3) is 0 Å². The maximum atomic E-state index is 10.9. The highest BCUT2D eigenvalue weighted by molar-refractivity contribution is 7.90. The van der Waals surface area contributed by atoms with Crippen molar-refractivity contribution in [3.8, 4) is 0 Å². The van der Waals surface area contributed by atoms with Crippen LogP contribution in [0.4, 0.5) is 0 Å². The average molecular weight is 179 g/mol. The van der Waals surface area contributed by atoms with Gasteiger partial charge in [0.15, 0.2) is 0 Å². The lowest BCUT2D eigenvalue weighted by atomic mass is 10.2. The third kappa shape index (κ3) is 1.28. The summed E-state index contributed by atoms with van der Waals surface area (Å²) in [6.45, 7) is 1.75. The van der Waals surface area contributed by atoms with Crippen LogP contribution in [-0.2, 0) is 10.0 Å². The van der Waals surface area contributed by atoms with E-state index in [-0.39, 0.29) is 0 Å². The van der Waals surface area contributed by atoms with E-state index in [0.29, 0.717) is 19.3 Å². The van der Waals surface area contributed by atoms with Gasteiger partial charge in [-0.3, -0.25) is 0 Å². The molecule has 0 spiro atoms. The van der Waals surface area contributed by atoms with Gasteiger partial charge >= 0.3 is 0 Å². The molecule has 1 atom stereocenters. The second-order valence-electron chi connectivity index (χ2n) is 3.03. The van der Waals surface area contributed by atoms with Gasteiger partial charge in [0.05, 0.1) is 6.10 Å². The van der Waals surface area contributed by atoms with Gasteiger partial charge in [-0.05, 0) is 19.3 Å². The van der Waals surface area contributed by atoms with Crippen LogP contribution < -0.4 is 5.14 Å². The zero-order chi connectivity index (χ0) is 8.70. The number of aliphatic hydroxyl groups excluding tert-OH is 1. The average Bonchev–Trinajstić information content (AvgIpc) is 2.63. The molecule has 5 heteroatoms. The van der Waals surface area contributed by atoms with Gasteiger partial charge < -0.3 is 5.11 Å². The largest absolute Gasteiger partial charge is 0.391 e. The highest BCUT2D eigenvalue weighted by Crippen LogP contribution is 2.45. The summed E-state index contributed by atoms with van der Waals surface area (Å²) in [5.74, 6) is 0. The minimum atomic E-state index is -3.55. The molecule has 1 unspecified atom stereocenters. The molecule has 1 saturated carbocycles. The van der Waals surface area contributed by atoms with Gasteiger partial charge in [-0.15, -0.1) is 0 Å². The monoisotopic (exact) mass is 179 g/mol. The molecule has 1 aliphatic rings. The minimum Gasteiger partial charge on any atom is -0.391 e. The first-order chi connectivity index (χ1) is 4.94. The van der Waals surface area contributed by atoms with Gasteiger partial charge in [-0.25, -0.2) is 13.6 Å². The Labute approximate surface area is 66.5 Å². The summed E-state index contributed by atoms with van der Waals surface area (Å²) >= 11 is 0. The Balaban J connectivity index is 2.85. The van der Waals surface area contributed by atoms with E-state index in [2.05, 4.69) is 0 Å². The fourth-order valence-electron chi connectivity index (χ4n) is 1.30.